The summed E-state index contributed by atoms with van der Waals surface area (Å²) < 4.78 is 0. The van der Waals surface area contributed by atoms with Crippen LogP contribution in [-0.2, 0) is 14.4 Å². The summed E-state index contributed by atoms with van der Waals surface area (Å²) in [4.78, 5) is 30.7. The number of carboxylic acids is 3. The van der Waals surface area contributed by atoms with Crippen LogP contribution in [0.3, 0.4) is 0 Å². The Bertz CT molecular complexity index is 273. The minimum absolute atomic E-state index is 0.136. The van der Waals surface area contributed by atoms with Crippen LogP contribution < -0.4 is 15.3 Å². The molecule has 7 nitrogen and oxygen atoms in total. The summed E-state index contributed by atoms with van der Waals surface area (Å²) >= 11 is 0. The molecule has 0 heterocycles. The van der Waals surface area contributed by atoms with E-state index in [1.807, 2.05) is 0 Å². The van der Waals surface area contributed by atoms with Crippen LogP contribution in [0.25, 0.3) is 0 Å². The summed E-state index contributed by atoms with van der Waals surface area (Å²) in [5, 5.41) is 39.7. The Kier molecular flexibility index (Phi) is 6.09. The molecule has 0 unspecified atom stereocenters. The maximum Gasteiger partial charge on any atom is 0.101 e. The first kappa shape index (κ1) is 14.4. The Hall–Kier alpha value is -1.63. The quantitative estimate of drug-likeness (QED) is 0.417. The second-order valence-corrected chi connectivity index (χ2v) is 3.31. The highest BCUT2D eigenvalue weighted by Gasteiger charge is 2.20. The van der Waals surface area contributed by atoms with E-state index in [-0.39, 0.29) is 25.7 Å². The molecule has 0 aromatic heterocycles. The fourth-order valence-electron chi connectivity index (χ4n) is 1.20. The van der Waals surface area contributed by atoms with E-state index in [9.17, 15) is 29.7 Å². The molecule has 0 aliphatic carbocycles. The van der Waals surface area contributed by atoms with Crippen molar-refractivity contribution in [2.24, 2.45) is 5.92 Å². The first-order valence-corrected chi connectivity index (χ1v) is 4.66. The predicted octanol–water partition coefficient (Wildman–Crippen LogP) is -4.23. The van der Waals surface area contributed by atoms with Gasteiger partial charge in [0.25, 0.3) is 0 Å². The van der Waals surface area contributed by atoms with Crippen LogP contribution in [0.5, 0.6) is 0 Å². The lowest BCUT2D eigenvalue weighted by atomic mass is 9.95. The summed E-state index contributed by atoms with van der Waals surface area (Å²) in [5.41, 5.74) is 0. The van der Waals surface area contributed by atoms with E-state index in [1.165, 1.54) is 0 Å². The zero-order valence-electron chi connectivity index (χ0n) is 8.38. The maximum absolute atomic E-state index is 10.5. The SMILES string of the molecule is O=C([O-])CCCC[C@H](C(=O)[O-])[C@@H](O)C(=O)[O-]. The van der Waals surface area contributed by atoms with Crippen LogP contribution in [0.4, 0.5) is 0 Å². The van der Waals surface area contributed by atoms with E-state index in [0.717, 1.165) is 0 Å². The van der Waals surface area contributed by atoms with Gasteiger partial charge in [-0.05, 0) is 19.3 Å². The van der Waals surface area contributed by atoms with Gasteiger partial charge in [-0.2, -0.15) is 0 Å². The lowest BCUT2D eigenvalue weighted by Gasteiger charge is -2.24. The molecular weight excluding hydrogens is 220 g/mol. The highest BCUT2D eigenvalue weighted by Crippen LogP contribution is 2.13. The molecule has 92 valence electrons. The first-order chi connectivity index (χ1) is 7.36. The van der Waals surface area contributed by atoms with Gasteiger partial charge in [0, 0.05) is 17.9 Å². The molecule has 0 rings (SSSR count). The Balaban J connectivity index is 4.10. The van der Waals surface area contributed by atoms with Crippen LogP contribution in [0.1, 0.15) is 25.7 Å². The third-order valence-electron chi connectivity index (χ3n) is 2.07. The van der Waals surface area contributed by atoms with Gasteiger partial charge in [-0.15, -0.1) is 0 Å². The second-order valence-electron chi connectivity index (χ2n) is 3.31. The van der Waals surface area contributed by atoms with Crippen LogP contribution in [-0.4, -0.2) is 29.1 Å². The fraction of sp³-hybridized carbons (Fsp3) is 0.667. The molecule has 7 heteroatoms. The number of rotatable bonds is 8. The minimum Gasteiger partial charge on any atom is -0.550 e. The highest BCUT2D eigenvalue weighted by atomic mass is 16.4. The van der Waals surface area contributed by atoms with Gasteiger partial charge >= 0.3 is 0 Å². The molecule has 0 amide bonds. The van der Waals surface area contributed by atoms with Gasteiger partial charge in [0.1, 0.15) is 6.10 Å². The van der Waals surface area contributed by atoms with Crippen LogP contribution >= 0.6 is 0 Å². The molecule has 0 bridgehead atoms. The van der Waals surface area contributed by atoms with E-state index in [0.29, 0.717) is 0 Å². The Morgan fingerprint density at radius 2 is 1.56 bits per heavy atom. The molecule has 0 saturated heterocycles. The second kappa shape index (κ2) is 6.78. The third-order valence-corrected chi connectivity index (χ3v) is 2.07. The van der Waals surface area contributed by atoms with Crippen molar-refractivity contribution < 1.29 is 34.8 Å². The summed E-state index contributed by atoms with van der Waals surface area (Å²) in [5.74, 6) is -6.46. The van der Waals surface area contributed by atoms with Gasteiger partial charge in [0.05, 0.1) is 5.97 Å². The number of aliphatic hydroxyl groups excluding tert-OH is 1. The van der Waals surface area contributed by atoms with E-state index < -0.39 is 29.9 Å². The molecule has 0 saturated carbocycles. The summed E-state index contributed by atoms with van der Waals surface area (Å²) in [6, 6.07) is 0. The van der Waals surface area contributed by atoms with Crippen molar-refractivity contribution in [3.63, 3.8) is 0 Å². The number of aliphatic hydroxyl groups is 1. The van der Waals surface area contributed by atoms with Crippen LogP contribution in [0.15, 0.2) is 0 Å². The van der Waals surface area contributed by atoms with Crippen molar-refractivity contribution in [1.29, 1.82) is 0 Å². The Morgan fingerprint density at radius 3 is 1.94 bits per heavy atom. The summed E-state index contributed by atoms with van der Waals surface area (Å²) in [6.07, 6.45) is -2.30. The molecule has 0 aliphatic rings. The largest absolute Gasteiger partial charge is 0.550 e. The number of carbonyl (C=O) groups excluding carboxylic acids is 3. The number of carboxylic acid groups (broad SMARTS) is 3. The van der Waals surface area contributed by atoms with E-state index in [4.69, 9.17) is 5.11 Å². The number of carbonyl (C=O) groups is 3. The third kappa shape index (κ3) is 5.30. The lowest BCUT2D eigenvalue weighted by Crippen LogP contribution is -2.47. The number of hydrogen-bond acceptors (Lipinski definition) is 7. The van der Waals surface area contributed by atoms with E-state index in [1.54, 1.807) is 0 Å². The lowest BCUT2D eigenvalue weighted by molar-refractivity contribution is -0.330. The smallest absolute Gasteiger partial charge is 0.101 e. The van der Waals surface area contributed by atoms with Gasteiger partial charge in [-0.3, -0.25) is 0 Å². The molecule has 0 aromatic rings. The van der Waals surface area contributed by atoms with Crippen molar-refractivity contribution in [3.05, 3.63) is 0 Å². The number of unbranched alkanes of at least 4 members (excludes halogenated alkanes) is 1. The monoisotopic (exact) mass is 231 g/mol. The minimum atomic E-state index is -2.15. The Labute approximate surface area is 91.3 Å². The molecule has 16 heavy (non-hydrogen) atoms. The van der Waals surface area contributed by atoms with E-state index in [2.05, 4.69) is 0 Å². The number of aliphatic carboxylic acids is 3. The van der Waals surface area contributed by atoms with Crippen LogP contribution in [0, 0.1) is 5.92 Å². The maximum atomic E-state index is 10.5. The Morgan fingerprint density at radius 1 is 1.00 bits per heavy atom. The van der Waals surface area contributed by atoms with Gasteiger partial charge in [0.2, 0.25) is 0 Å². The molecule has 0 aromatic carbocycles. The molecule has 0 spiro atoms. The van der Waals surface area contributed by atoms with Crippen molar-refractivity contribution in [1.82, 2.24) is 0 Å². The van der Waals surface area contributed by atoms with Crippen LogP contribution in [0.2, 0.25) is 0 Å². The molecule has 1 N–H and O–H groups in total. The molecule has 0 radical (unpaired) electrons. The van der Waals surface area contributed by atoms with Crippen molar-refractivity contribution in [2.75, 3.05) is 0 Å². The van der Waals surface area contributed by atoms with Crippen molar-refractivity contribution >= 4 is 17.9 Å². The van der Waals surface area contributed by atoms with Gasteiger partial charge in [-0.1, -0.05) is 6.42 Å². The summed E-state index contributed by atoms with van der Waals surface area (Å²) in [6.45, 7) is 0. The average molecular weight is 231 g/mol. The molecule has 0 fully saturated rings. The first-order valence-electron chi connectivity index (χ1n) is 4.66. The molecule has 2 atom stereocenters. The average Bonchev–Trinajstić information content (AvgIpc) is 2.15. The standard InChI is InChI=1S/C9H14O7/c10-6(11)4-2-1-3-5(8(13)14)7(12)9(15)16/h5,7,12H,1-4H2,(H,10,11)(H,13,14)(H,15,16)/p-3/t5-,7+/m0/s1. The van der Waals surface area contributed by atoms with Gasteiger partial charge in [0.15, 0.2) is 0 Å². The highest BCUT2D eigenvalue weighted by molar-refractivity contribution is 5.79. The topological polar surface area (TPSA) is 141 Å². The zero-order chi connectivity index (χ0) is 12.7. The molecule has 0 aliphatic heterocycles. The fourth-order valence-corrected chi connectivity index (χ4v) is 1.20. The number of hydrogen-bond donors (Lipinski definition) is 1. The predicted molar refractivity (Wildman–Crippen MR) is 43.0 cm³/mol. The normalized spacial score (nSPS) is 14.1. The van der Waals surface area contributed by atoms with Gasteiger partial charge < -0.3 is 34.8 Å². The van der Waals surface area contributed by atoms with E-state index >= 15 is 0 Å². The molecular formula is C9H11O7-3. The van der Waals surface area contributed by atoms with Crippen molar-refractivity contribution in [2.45, 2.75) is 31.8 Å². The van der Waals surface area contributed by atoms with Gasteiger partial charge in [-0.25, -0.2) is 0 Å². The zero-order valence-corrected chi connectivity index (χ0v) is 8.38. The van der Waals surface area contributed by atoms with Crippen molar-refractivity contribution in [3.8, 4) is 0 Å². The summed E-state index contributed by atoms with van der Waals surface area (Å²) in [7, 11) is 0.